The summed E-state index contributed by atoms with van der Waals surface area (Å²) < 4.78 is 11.4. The molecule has 0 aromatic heterocycles. The van der Waals surface area contributed by atoms with Crippen LogP contribution >= 0.6 is 39.1 Å². The zero-order chi connectivity index (χ0) is 15.5. The Kier molecular flexibility index (Phi) is 4.97. The second-order valence-corrected chi connectivity index (χ2v) is 6.45. The zero-order valence-corrected chi connectivity index (χ0v) is 14.7. The van der Waals surface area contributed by atoms with Crippen LogP contribution in [0.4, 0.5) is 0 Å². The summed E-state index contributed by atoms with van der Waals surface area (Å²) >= 11 is 15.8. The molecule has 0 saturated heterocycles. The minimum Gasteiger partial charge on any atom is -0.457 e. The molecule has 0 unspecified atom stereocenters. The average Bonchev–Trinajstić information content (AvgIpc) is 2.50. The lowest BCUT2D eigenvalue weighted by molar-refractivity contribution is 0.118. The predicted molar refractivity (Wildman–Crippen MR) is 94.5 cm³/mol. The van der Waals surface area contributed by atoms with E-state index in [1.165, 1.54) is 0 Å². The molecular weight excluding hydrogens is 387 g/mol. The van der Waals surface area contributed by atoms with E-state index in [2.05, 4.69) is 22.0 Å². The lowest BCUT2D eigenvalue weighted by Crippen LogP contribution is -2.11. The first kappa shape index (κ1) is 15.7. The molecule has 0 saturated carbocycles. The van der Waals surface area contributed by atoms with Crippen molar-refractivity contribution in [1.82, 2.24) is 0 Å². The lowest BCUT2D eigenvalue weighted by atomic mass is 9.95. The molecule has 0 radical (unpaired) electrons. The molecule has 2 aromatic rings. The van der Waals surface area contributed by atoms with Gasteiger partial charge in [-0.25, -0.2) is 0 Å². The SMILES string of the molecule is Clc1ccc2c(c1)C(=CCCBr)c1cc(Cl)ccc1OCO2. The van der Waals surface area contributed by atoms with Crippen molar-refractivity contribution in [2.45, 2.75) is 6.42 Å². The molecule has 1 heterocycles. The largest absolute Gasteiger partial charge is 0.457 e. The highest BCUT2D eigenvalue weighted by Gasteiger charge is 2.19. The van der Waals surface area contributed by atoms with E-state index in [4.69, 9.17) is 32.7 Å². The van der Waals surface area contributed by atoms with Gasteiger partial charge in [0.1, 0.15) is 11.5 Å². The van der Waals surface area contributed by atoms with Gasteiger partial charge < -0.3 is 9.47 Å². The highest BCUT2D eigenvalue weighted by Crippen LogP contribution is 2.40. The Labute approximate surface area is 147 Å². The van der Waals surface area contributed by atoms with Crippen molar-refractivity contribution >= 4 is 44.7 Å². The number of ether oxygens (including phenoxy) is 2. The normalized spacial score (nSPS) is 13.1. The van der Waals surface area contributed by atoms with E-state index in [9.17, 15) is 0 Å². The molecule has 1 aliphatic heterocycles. The minimum atomic E-state index is 0.148. The Morgan fingerprint density at radius 2 is 1.50 bits per heavy atom. The van der Waals surface area contributed by atoms with Crippen LogP contribution in [0.25, 0.3) is 5.57 Å². The molecule has 114 valence electrons. The summed E-state index contributed by atoms with van der Waals surface area (Å²) in [6.07, 6.45) is 3.00. The van der Waals surface area contributed by atoms with Crippen molar-refractivity contribution < 1.29 is 9.47 Å². The first-order chi connectivity index (χ1) is 10.7. The van der Waals surface area contributed by atoms with Crippen LogP contribution in [0.15, 0.2) is 42.5 Å². The van der Waals surface area contributed by atoms with E-state index < -0.39 is 0 Å². The van der Waals surface area contributed by atoms with Gasteiger partial charge in [0.25, 0.3) is 0 Å². The molecule has 0 atom stereocenters. The molecule has 0 spiro atoms. The molecule has 5 heteroatoms. The van der Waals surface area contributed by atoms with E-state index in [0.717, 1.165) is 39.9 Å². The minimum absolute atomic E-state index is 0.148. The van der Waals surface area contributed by atoms with E-state index in [1.807, 2.05) is 36.4 Å². The summed E-state index contributed by atoms with van der Waals surface area (Å²) in [6.45, 7) is 0.148. The van der Waals surface area contributed by atoms with Crippen LogP contribution in [0.1, 0.15) is 17.5 Å². The Morgan fingerprint density at radius 1 is 0.955 bits per heavy atom. The third-order valence-electron chi connectivity index (χ3n) is 3.35. The Balaban J connectivity index is 2.23. The van der Waals surface area contributed by atoms with Gasteiger partial charge in [-0.1, -0.05) is 45.2 Å². The third kappa shape index (κ3) is 3.27. The number of rotatable bonds is 2. The number of benzene rings is 2. The molecule has 3 rings (SSSR count). The van der Waals surface area contributed by atoms with E-state index in [1.54, 1.807) is 0 Å². The van der Waals surface area contributed by atoms with Gasteiger partial charge in [-0.2, -0.15) is 0 Å². The van der Waals surface area contributed by atoms with Gasteiger partial charge in [0, 0.05) is 26.5 Å². The summed E-state index contributed by atoms with van der Waals surface area (Å²) in [5.74, 6) is 1.49. The second-order valence-electron chi connectivity index (χ2n) is 4.78. The maximum absolute atomic E-state index is 6.18. The number of hydrogen-bond donors (Lipinski definition) is 0. The molecule has 2 aromatic carbocycles. The van der Waals surface area contributed by atoms with Gasteiger partial charge in [0.05, 0.1) is 0 Å². The van der Waals surface area contributed by atoms with E-state index in [0.29, 0.717) is 10.0 Å². The van der Waals surface area contributed by atoms with Crippen molar-refractivity contribution in [2.24, 2.45) is 0 Å². The summed E-state index contributed by atoms with van der Waals surface area (Å²) in [7, 11) is 0. The van der Waals surface area contributed by atoms with Crippen LogP contribution in [-0.4, -0.2) is 12.1 Å². The number of allylic oxidation sites excluding steroid dienone is 1. The van der Waals surface area contributed by atoms with Crippen LogP contribution in [0, 0.1) is 0 Å². The summed E-state index contributed by atoms with van der Waals surface area (Å²) in [6, 6.07) is 11.2. The lowest BCUT2D eigenvalue weighted by Gasteiger charge is -2.21. The molecule has 0 bridgehead atoms. The van der Waals surface area contributed by atoms with Gasteiger partial charge in [0.2, 0.25) is 6.79 Å². The van der Waals surface area contributed by atoms with Gasteiger partial charge >= 0.3 is 0 Å². The van der Waals surface area contributed by atoms with E-state index >= 15 is 0 Å². The molecule has 0 amide bonds. The maximum Gasteiger partial charge on any atom is 0.230 e. The number of alkyl halides is 1. The van der Waals surface area contributed by atoms with Gasteiger partial charge in [-0.15, -0.1) is 0 Å². The molecule has 0 aliphatic carbocycles. The average molecular weight is 400 g/mol. The standard InChI is InChI=1S/C17H13BrCl2O2/c18-7-1-2-13-14-8-11(19)3-5-16(14)21-10-22-17-6-4-12(20)9-15(13)17/h2-6,8-9H,1,7,10H2. The van der Waals surface area contributed by atoms with Crippen molar-refractivity contribution in [3.8, 4) is 11.5 Å². The van der Waals surface area contributed by atoms with Crippen LogP contribution in [0.3, 0.4) is 0 Å². The zero-order valence-electron chi connectivity index (χ0n) is 11.6. The quantitative estimate of drug-likeness (QED) is 0.581. The highest BCUT2D eigenvalue weighted by atomic mass is 79.9. The smallest absolute Gasteiger partial charge is 0.230 e. The van der Waals surface area contributed by atoms with Crippen molar-refractivity contribution in [1.29, 1.82) is 0 Å². The van der Waals surface area contributed by atoms with Gasteiger partial charge in [-0.3, -0.25) is 0 Å². The molecule has 1 aliphatic rings. The fourth-order valence-electron chi connectivity index (χ4n) is 2.40. The van der Waals surface area contributed by atoms with Crippen LogP contribution in [0.5, 0.6) is 11.5 Å². The van der Waals surface area contributed by atoms with Gasteiger partial charge in [-0.05, 0) is 48.4 Å². The van der Waals surface area contributed by atoms with E-state index in [-0.39, 0.29) is 6.79 Å². The third-order valence-corrected chi connectivity index (χ3v) is 4.28. The first-order valence-corrected chi connectivity index (χ1v) is 8.68. The molecule has 22 heavy (non-hydrogen) atoms. The molecule has 0 N–H and O–H groups in total. The van der Waals surface area contributed by atoms with Crippen molar-refractivity contribution in [2.75, 3.05) is 12.1 Å². The predicted octanol–water partition coefficient (Wildman–Crippen LogP) is 5.94. The summed E-state index contributed by atoms with van der Waals surface area (Å²) in [4.78, 5) is 0. The van der Waals surface area contributed by atoms with Crippen LogP contribution < -0.4 is 9.47 Å². The Bertz CT molecular complexity index is 673. The second kappa shape index (κ2) is 6.95. The Hall–Kier alpha value is -1.16. The number of hydrogen-bond acceptors (Lipinski definition) is 2. The summed E-state index contributed by atoms with van der Waals surface area (Å²) in [5.41, 5.74) is 2.90. The van der Waals surface area contributed by atoms with Crippen LogP contribution in [-0.2, 0) is 0 Å². The maximum atomic E-state index is 6.18. The summed E-state index contributed by atoms with van der Waals surface area (Å²) in [5, 5.41) is 2.19. The van der Waals surface area contributed by atoms with Gasteiger partial charge in [0.15, 0.2) is 0 Å². The number of fused-ring (bicyclic) bond motifs is 2. The fraction of sp³-hybridized carbons (Fsp3) is 0.176. The molecule has 2 nitrogen and oxygen atoms in total. The first-order valence-electron chi connectivity index (χ1n) is 6.80. The fourth-order valence-corrected chi connectivity index (χ4v) is 2.97. The highest BCUT2D eigenvalue weighted by molar-refractivity contribution is 9.09. The monoisotopic (exact) mass is 398 g/mol. The molecule has 0 fully saturated rings. The van der Waals surface area contributed by atoms with Crippen molar-refractivity contribution in [3.05, 3.63) is 63.6 Å². The van der Waals surface area contributed by atoms with Crippen molar-refractivity contribution in [3.63, 3.8) is 0 Å². The molecular formula is C17H13BrCl2O2. The van der Waals surface area contributed by atoms with Crippen LogP contribution in [0.2, 0.25) is 10.0 Å². The topological polar surface area (TPSA) is 18.5 Å². The Morgan fingerprint density at radius 3 is 2.00 bits per heavy atom. The number of halogens is 3.